The Bertz CT molecular complexity index is 1090. The molecule has 0 aliphatic carbocycles. The summed E-state index contributed by atoms with van der Waals surface area (Å²) in [6, 6.07) is 17.1. The number of aromatic carboxylic acids is 1. The molecule has 3 rings (SSSR count). The lowest BCUT2D eigenvalue weighted by atomic mass is 10.1. The first kappa shape index (κ1) is 18.8. The van der Waals surface area contributed by atoms with Crippen molar-refractivity contribution >= 4 is 39.9 Å². The summed E-state index contributed by atoms with van der Waals surface area (Å²) in [5.41, 5.74) is 2.21. The molecule has 0 aliphatic rings. The first-order valence-corrected chi connectivity index (χ1v) is 9.60. The molecular weight excluding hydrogens is 384 g/mol. The first-order chi connectivity index (χ1) is 12.9. The van der Waals surface area contributed by atoms with Crippen LogP contribution in [0.3, 0.4) is 0 Å². The summed E-state index contributed by atoms with van der Waals surface area (Å²) in [5.74, 6) is -1.22. The van der Waals surface area contributed by atoms with Gasteiger partial charge in [0.25, 0.3) is 0 Å². The van der Waals surface area contributed by atoms with Crippen molar-refractivity contribution in [2.45, 2.75) is 6.92 Å². The minimum atomic E-state index is -2.72. The Morgan fingerprint density at radius 2 is 1.93 bits per heavy atom. The van der Waals surface area contributed by atoms with Gasteiger partial charge in [0.2, 0.25) is 0 Å². The van der Waals surface area contributed by atoms with E-state index >= 15 is 0 Å². The maximum Gasteiger partial charge on any atom is 0.348 e. The highest BCUT2D eigenvalue weighted by Crippen LogP contribution is 2.41. The van der Waals surface area contributed by atoms with Gasteiger partial charge in [-0.25, -0.2) is 4.79 Å². The van der Waals surface area contributed by atoms with Gasteiger partial charge in [0.15, 0.2) is 0 Å². The van der Waals surface area contributed by atoms with Crippen molar-refractivity contribution in [3.63, 3.8) is 0 Å². The summed E-state index contributed by atoms with van der Waals surface area (Å²) in [5, 5.41) is 18.7. The van der Waals surface area contributed by atoms with Gasteiger partial charge in [-0.15, -0.1) is 11.3 Å². The van der Waals surface area contributed by atoms with E-state index < -0.39 is 17.2 Å². The summed E-state index contributed by atoms with van der Waals surface area (Å²) >= 11 is -1.75. The number of carboxylic acids is 1. The third kappa shape index (κ3) is 3.75. The second-order valence-corrected chi connectivity index (χ2v) is 7.47. The summed E-state index contributed by atoms with van der Waals surface area (Å²) in [4.78, 5) is 12.2. The molecule has 0 saturated carbocycles. The molecule has 1 heterocycles. The van der Waals surface area contributed by atoms with Crippen LogP contribution < -0.4 is 4.31 Å². The van der Waals surface area contributed by atoms with Gasteiger partial charge >= 0.3 is 5.97 Å². The zero-order chi connectivity index (χ0) is 19.6. The average molecular weight is 397 g/mol. The second-order valence-electron chi connectivity index (χ2n) is 5.62. The van der Waals surface area contributed by atoms with Gasteiger partial charge in [-0.3, -0.25) is 8.51 Å². The number of carbonyl (C=O) groups is 1. The number of nitrogens with zero attached hydrogens (tertiary/aromatic N) is 2. The monoisotopic (exact) mass is 397 g/mol. The van der Waals surface area contributed by atoms with E-state index in [1.165, 1.54) is 6.07 Å². The molecule has 27 heavy (non-hydrogen) atoms. The third-order valence-corrected chi connectivity index (χ3v) is 5.74. The van der Waals surface area contributed by atoms with Crippen LogP contribution >= 0.6 is 11.3 Å². The summed E-state index contributed by atoms with van der Waals surface area (Å²) in [7, 11) is 0. The summed E-state index contributed by atoms with van der Waals surface area (Å²) < 4.78 is 24.9. The fourth-order valence-corrected chi connectivity index (χ4v) is 4.36. The molecule has 0 fully saturated rings. The highest BCUT2D eigenvalue weighted by Gasteiger charge is 2.24. The van der Waals surface area contributed by atoms with E-state index in [9.17, 15) is 18.7 Å². The Morgan fingerprint density at radius 3 is 2.56 bits per heavy atom. The molecule has 6 nitrogen and oxygen atoms in total. The highest BCUT2D eigenvalue weighted by atomic mass is 32.2. The zero-order valence-electron chi connectivity index (χ0n) is 14.1. The van der Waals surface area contributed by atoms with Gasteiger partial charge in [-0.05, 0) is 42.3 Å². The largest absolute Gasteiger partial charge is 0.755 e. The molecule has 8 heteroatoms. The van der Waals surface area contributed by atoms with Crippen LogP contribution in [0, 0.1) is 18.3 Å². The molecule has 0 bridgehead atoms. The van der Waals surface area contributed by atoms with Crippen molar-refractivity contribution in [3.05, 3.63) is 70.6 Å². The van der Waals surface area contributed by atoms with Crippen LogP contribution in [0.15, 0.2) is 54.6 Å². The van der Waals surface area contributed by atoms with E-state index in [0.717, 1.165) is 15.6 Å². The van der Waals surface area contributed by atoms with Crippen molar-refractivity contribution in [3.8, 4) is 16.5 Å². The molecule has 0 radical (unpaired) electrons. The van der Waals surface area contributed by atoms with Crippen LogP contribution in [0.5, 0.6) is 0 Å². The van der Waals surface area contributed by atoms with Gasteiger partial charge in [-0.1, -0.05) is 30.3 Å². The standard InChI is InChI=1S/C19H14N2O4S2/c1-12-5-2-3-8-15(12)21(27(24)25)16-10-17(26-18(16)19(22)23)14-7-4-6-13(9-14)11-20/h2-10H,1H3,(H,22,23)(H,24,25)/p-1. The zero-order valence-corrected chi connectivity index (χ0v) is 15.7. The molecular formula is C19H13N2O4S2-. The Labute approximate surface area is 162 Å². The topological polar surface area (TPSA) is 104 Å². The Morgan fingerprint density at radius 1 is 1.19 bits per heavy atom. The van der Waals surface area contributed by atoms with Crippen LogP contribution in [-0.2, 0) is 11.3 Å². The molecule has 1 N–H and O–H groups in total. The number of carboxylic acid groups (broad SMARTS) is 1. The molecule has 1 aromatic heterocycles. The number of anilines is 2. The number of hydrogen-bond acceptors (Lipinski definition) is 5. The number of nitriles is 1. The summed E-state index contributed by atoms with van der Waals surface area (Å²) in [6.45, 7) is 1.75. The minimum Gasteiger partial charge on any atom is -0.755 e. The predicted octanol–water partition coefficient (Wildman–Crippen LogP) is 4.23. The van der Waals surface area contributed by atoms with Crippen LogP contribution in [-0.4, -0.2) is 19.8 Å². The molecule has 0 spiro atoms. The molecule has 0 amide bonds. The number of aryl methyl sites for hydroxylation is 1. The van der Waals surface area contributed by atoms with Gasteiger partial charge in [0.1, 0.15) is 4.88 Å². The fraction of sp³-hybridized carbons (Fsp3) is 0.0526. The quantitative estimate of drug-likeness (QED) is 0.649. The molecule has 1 atom stereocenters. The van der Waals surface area contributed by atoms with Crippen molar-refractivity contribution in [1.29, 1.82) is 5.26 Å². The smallest absolute Gasteiger partial charge is 0.348 e. The average Bonchev–Trinajstić information content (AvgIpc) is 3.08. The molecule has 136 valence electrons. The van der Waals surface area contributed by atoms with E-state index in [1.54, 1.807) is 55.5 Å². The first-order valence-electron chi connectivity index (χ1n) is 7.75. The number of benzene rings is 2. The van der Waals surface area contributed by atoms with Crippen LogP contribution in [0.4, 0.5) is 11.4 Å². The predicted molar refractivity (Wildman–Crippen MR) is 104 cm³/mol. The lowest BCUT2D eigenvalue weighted by Crippen LogP contribution is -2.21. The molecule has 2 aromatic carbocycles. The second kappa shape index (κ2) is 7.72. The van der Waals surface area contributed by atoms with E-state index in [0.29, 0.717) is 27.3 Å². The lowest BCUT2D eigenvalue weighted by molar-refractivity contribution is 0.0703. The maximum atomic E-state index is 12.0. The fourth-order valence-electron chi connectivity index (χ4n) is 2.65. The van der Waals surface area contributed by atoms with Crippen molar-refractivity contribution in [2.24, 2.45) is 0 Å². The SMILES string of the molecule is Cc1ccccc1N(c1cc(-c2cccc(C#N)c2)sc1C(=O)O)S(=O)[O-]. The highest BCUT2D eigenvalue weighted by molar-refractivity contribution is 7.81. The Kier molecular flexibility index (Phi) is 5.37. The van der Waals surface area contributed by atoms with E-state index in [1.807, 2.05) is 6.07 Å². The maximum absolute atomic E-state index is 12.0. The van der Waals surface area contributed by atoms with Gasteiger partial charge in [-0.2, -0.15) is 5.26 Å². The minimum absolute atomic E-state index is 0.0625. The molecule has 3 aromatic rings. The van der Waals surface area contributed by atoms with Crippen molar-refractivity contribution < 1.29 is 18.7 Å². The number of para-hydroxylation sites is 1. The number of rotatable bonds is 5. The van der Waals surface area contributed by atoms with Gasteiger partial charge in [0.05, 0.1) is 34.3 Å². The van der Waals surface area contributed by atoms with Gasteiger partial charge in [0, 0.05) is 4.88 Å². The van der Waals surface area contributed by atoms with Gasteiger partial charge < -0.3 is 9.66 Å². The molecule has 0 aliphatic heterocycles. The van der Waals surface area contributed by atoms with E-state index in [4.69, 9.17) is 5.26 Å². The van der Waals surface area contributed by atoms with E-state index in [-0.39, 0.29) is 10.6 Å². The normalized spacial score (nSPS) is 11.6. The summed E-state index contributed by atoms with van der Waals surface area (Å²) in [6.07, 6.45) is 0. The Balaban J connectivity index is 2.20. The number of thiophene rings is 1. The molecule has 1 unspecified atom stereocenters. The Hall–Kier alpha value is -2.99. The molecule has 0 saturated heterocycles. The number of hydrogen-bond donors (Lipinski definition) is 1. The van der Waals surface area contributed by atoms with Crippen molar-refractivity contribution in [1.82, 2.24) is 0 Å². The van der Waals surface area contributed by atoms with Crippen LogP contribution in [0.25, 0.3) is 10.4 Å². The third-order valence-electron chi connectivity index (χ3n) is 3.89. The van der Waals surface area contributed by atoms with Crippen molar-refractivity contribution in [2.75, 3.05) is 4.31 Å². The van der Waals surface area contributed by atoms with E-state index in [2.05, 4.69) is 0 Å². The van der Waals surface area contributed by atoms with Crippen LogP contribution in [0.2, 0.25) is 0 Å². The van der Waals surface area contributed by atoms with Crippen LogP contribution in [0.1, 0.15) is 20.8 Å². The lowest BCUT2D eigenvalue weighted by Gasteiger charge is -2.27.